The van der Waals surface area contributed by atoms with Gasteiger partial charge in [0.2, 0.25) is 0 Å². The Balaban J connectivity index is 1.50. The Kier molecular flexibility index (Phi) is 7.73. The lowest BCUT2D eigenvalue weighted by Crippen LogP contribution is -2.37. The molecular weight excluding hydrogens is 462 g/mol. The lowest BCUT2D eigenvalue weighted by Gasteiger charge is -2.29. The molecule has 1 aliphatic heterocycles. The zero-order valence-corrected chi connectivity index (χ0v) is 20.8. The van der Waals surface area contributed by atoms with Gasteiger partial charge in [-0.15, -0.1) is 0 Å². The van der Waals surface area contributed by atoms with Gasteiger partial charge in [0, 0.05) is 23.4 Å². The van der Waals surface area contributed by atoms with E-state index in [1.54, 1.807) is 31.4 Å². The second-order valence-corrected chi connectivity index (χ2v) is 10.4. The average Bonchev–Trinajstić information content (AvgIpc) is 3.40. The Bertz CT molecular complexity index is 1270. The molecule has 3 aromatic carbocycles. The van der Waals surface area contributed by atoms with Crippen LogP contribution in [-0.2, 0) is 10.0 Å². The van der Waals surface area contributed by atoms with Gasteiger partial charge >= 0.3 is 0 Å². The molecule has 4 rings (SSSR count). The summed E-state index contributed by atoms with van der Waals surface area (Å²) in [5.41, 5.74) is 2.82. The molecule has 35 heavy (non-hydrogen) atoms. The maximum Gasteiger partial charge on any atom is 0.261 e. The van der Waals surface area contributed by atoms with Crippen molar-refractivity contribution in [3.8, 4) is 5.75 Å². The summed E-state index contributed by atoms with van der Waals surface area (Å²) in [6, 6.07) is 21.0. The van der Waals surface area contributed by atoms with Crippen molar-refractivity contribution in [1.29, 1.82) is 0 Å². The third-order valence-corrected chi connectivity index (χ3v) is 7.62. The van der Waals surface area contributed by atoms with E-state index in [0.29, 0.717) is 12.2 Å². The van der Waals surface area contributed by atoms with Gasteiger partial charge in [0.1, 0.15) is 5.75 Å². The summed E-state index contributed by atoms with van der Waals surface area (Å²) in [5, 5.41) is 3.01. The van der Waals surface area contributed by atoms with Gasteiger partial charge in [-0.2, -0.15) is 0 Å². The second-order valence-electron chi connectivity index (χ2n) is 8.71. The van der Waals surface area contributed by atoms with Crippen molar-refractivity contribution in [2.24, 2.45) is 0 Å². The molecular formula is C27H31N3O4S. The van der Waals surface area contributed by atoms with Crippen molar-refractivity contribution in [3.05, 3.63) is 89.5 Å². The van der Waals surface area contributed by atoms with Crippen molar-refractivity contribution in [1.82, 2.24) is 10.2 Å². The summed E-state index contributed by atoms with van der Waals surface area (Å²) < 4.78 is 33.9. The van der Waals surface area contributed by atoms with Crippen molar-refractivity contribution < 1.29 is 17.9 Å². The maximum atomic E-state index is 13.0. The van der Waals surface area contributed by atoms with Crippen molar-refractivity contribution in [2.45, 2.75) is 30.7 Å². The molecule has 1 fully saturated rings. The highest BCUT2D eigenvalue weighted by atomic mass is 32.2. The number of amides is 1. The first-order valence-corrected chi connectivity index (χ1v) is 13.2. The highest BCUT2D eigenvalue weighted by Crippen LogP contribution is 2.31. The minimum Gasteiger partial charge on any atom is -0.496 e. The molecule has 2 N–H and O–H groups in total. The number of carbonyl (C=O) groups excluding carboxylic acids is 1. The summed E-state index contributed by atoms with van der Waals surface area (Å²) in [6.07, 6.45) is 2.24. The molecule has 0 aromatic heterocycles. The third kappa shape index (κ3) is 6.01. The number of para-hydroxylation sites is 1. The molecule has 0 bridgehead atoms. The molecule has 1 heterocycles. The Labute approximate surface area is 207 Å². The van der Waals surface area contributed by atoms with Gasteiger partial charge < -0.3 is 10.1 Å². The second kappa shape index (κ2) is 10.9. The van der Waals surface area contributed by atoms with Crippen molar-refractivity contribution in [3.63, 3.8) is 0 Å². The molecule has 1 amide bonds. The molecule has 0 saturated carbocycles. The Hall–Kier alpha value is -3.36. The van der Waals surface area contributed by atoms with E-state index >= 15 is 0 Å². The number of benzene rings is 3. The first kappa shape index (κ1) is 24.8. The highest BCUT2D eigenvalue weighted by Gasteiger charge is 2.26. The van der Waals surface area contributed by atoms with Crippen LogP contribution in [0.1, 0.15) is 40.4 Å². The number of hydrogen-bond donors (Lipinski definition) is 2. The van der Waals surface area contributed by atoms with Crippen LogP contribution in [0.4, 0.5) is 5.69 Å². The summed E-state index contributed by atoms with van der Waals surface area (Å²) >= 11 is 0. The number of anilines is 1. The van der Waals surface area contributed by atoms with Gasteiger partial charge in [0.15, 0.2) is 0 Å². The topological polar surface area (TPSA) is 87.7 Å². The monoisotopic (exact) mass is 493 g/mol. The van der Waals surface area contributed by atoms with E-state index in [1.807, 2.05) is 43.3 Å². The maximum absolute atomic E-state index is 13.0. The molecule has 1 aliphatic rings. The number of hydrogen-bond acceptors (Lipinski definition) is 5. The fourth-order valence-electron chi connectivity index (χ4n) is 4.36. The summed E-state index contributed by atoms with van der Waals surface area (Å²) in [4.78, 5) is 15.4. The fourth-order valence-corrected chi connectivity index (χ4v) is 5.47. The van der Waals surface area contributed by atoms with Crippen LogP contribution in [0.2, 0.25) is 0 Å². The number of carbonyl (C=O) groups is 1. The molecule has 0 unspecified atom stereocenters. The minimum absolute atomic E-state index is 0.0338. The molecule has 184 valence electrons. The number of likely N-dealkylation sites (tertiary alicyclic amines) is 1. The number of ether oxygens (including phenoxy) is 1. The van der Waals surface area contributed by atoms with Gasteiger partial charge in [-0.05, 0) is 69.3 Å². The van der Waals surface area contributed by atoms with E-state index < -0.39 is 10.0 Å². The van der Waals surface area contributed by atoms with E-state index in [9.17, 15) is 13.2 Å². The van der Waals surface area contributed by atoms with Crippen LogP contribution < -0.4 is 14.8 Å². The van der Waals surface area contributed by atoms with Crippen LogP contribution in [0.15, 0.2) is 77.7 Å². The van der Waals surface area contributed by atoms with Gasteiger partial charge in [0.05, 0.1) is 18.0 Å². The Morgan fingerprint density at radius 1 is 1.00 bits per heavy atom. The van der Waals surface area contributed by atoms with Crippen LogP contribution in [0, 0.1) is 6.92 Å². The lowest BCUT2D eigenvalue weighted by atomic mass is 10.0. The van der Waals surface area contributed by atoms with Crippen molar-refractivity contribution >= 4 is 21.6 Å². The first-order valence-electron chi connectivity index (χ1n) is 11.7. The Morgan fingerprint density at radius 2 is 1.71 bits per heavy atom. The summed E-state index contributed by atoms with van der Waals surface area (Å²) in [5.74, 6) is 0.463. The highest BCUT2D eigenvalue weighted by molar-refractivity contribution is 7.92. The standard InChI is InChI=1S/C27H31N3O4S/c1-20-12-14-22(15-13-20)29-35(32,33)23-9-7-8-21(18-23)27(31)28-19-25(30-16-5-6-17-30)24-10-3-4-11-26(24)34-2/h3-4,7-15,18,25,29H,5-6,16-17,19H2,1-2H3,(H,28,31)/t25-/m1/s1. The van der Waals surface area contributed by atoms with Gasteiger partial charge in [-0.25, -0.2) is 8.42 Å². The SMILES string of the molecule is COc1ccccc1[C@@H](CNC(=O)c1cccc(S(=O)(=O)Nc2ccc(C)cc2)c1)N1CCCC1. The van der Waals surface area contributed by atoms with Gasteiger partial charge in [0.25, 0.3) is 15.9 Å². The van der Waals surface area contributed by atoms with Crippen LogP contribution >= 0.6 is 0 Å². The molecule has 0 aliphatic carbocycles. The van der Waals surface area contributed by atoms with E-state index in [0.717, 1.165) is 42.8 Å². The van der Waals surface area contributed by atoms with Gasteiger partial charge in [-0.3, -0.25) is 14.4 Å². The van der Waals surface area contributed by atoms with E-state index in [2.05, 4.69) is 14.9 Å². The number of aryl methyl sites for hydroxylation is 1. The summed E-state index contributed by atoms with van der Waals surface area (Å²) in [6.45, 7) is 4.23. The van der Waals surface area contributed by atoms with Crippen LogP contribution in [0.5, 0.6) is 5.75 Å². The van der Waals surface area contributed by atoms with Crippen LogP contribution in [0.25, 0.3) is 0 Å². The zero-order chi connectivity index (χ0) is 24.8. The quantitative estimate of drug-likeness (QED) is 0.462. The molecule has 1 saturated heterocycles. The minimum atomic E-state index is -3.83. The number of sulfonamides is 1. The van der Waals surface area contributed by atoms with E-state index in [-0.39, 0.29) is 22.4 Å². The van der Waals surface area contributed by atoms with Crippen molar-refractivity contribution in [2.75, 3.05) is 31.5 Å². The molecule has 3 aromatic rings. The molecule has 8 heteroatoms. The number of nitrogens with zero attached hydrogens (tertiary/aromatic N) is 1. The molecule has 1 atom stereocenters. The molecule has 7 nitrogen and oxygen atoms in total. The van der Waals surface area contributed by atoms with E-state index in [4.69, 9.17) is 4.74 Å². The predicted octanol–water partition coefficient (Wildman–Crippen LogP) is 4.37. The summed E-state index contributed by atoms with van der Waals surface area (Å²) in [7, 11) is -2.19. The Morgan fingerprint density at radius 3 is 2.43 bits per heavy atom. The normalized spacial score (nSPS) is 14.9. The average molecular weight is 494 g/mol. The lowest BCUT2D eigenvalue weighted by molar-refractivity contribution is 0.0937. The number of nitrogens with one attached hydrogen (secondary N) is 2. The number of methoxy groups -OCH3 is 1. The predicted molar refractivity (Wildman–Crippen MR) is 137 cm³/mol. The molecule has 0 spiro atoms. The first-order chi connectivity index (χ1) is 16.9. The fraction of sp³-hybridized carbons (Fsp3) is 0.296. The molecule has 0 radical (unpaired) electrons. The number of rotatable bonds is 9. The third-order valence-electron chi connectivity index (χ3n) is 6.25. The van der Waals surface area contributed by atoms with Gasteiger partial charge in [-0.1, -0.05) is 42.0 Å². The van der Waals surface area contributed by atoms with Crippen LogP contribution in [0.3, 0.4) is 0 Å². The smallest absolute Gasteiger partial charge is 0.261 e. The zero-order valence-electron chi connectivity index (χ0n) is 20.0. The van der Waals surface area contributed by atoms with E-state index in [1.165, 1.54) is 12.1 Å². The largest absolute Gasteiger partial charge is 0.496 e. The van der Waals surface area contributed by atoms with Crippen LogP contribution in [-0.4, -0.2) is 46.0 Å².